The molecule has 0 aliphatic carbocycles. The van der Waals surface area contributed by atoms with Crippen molar-refractivity contribution in [3.05, 3.63) is 17.1 Å². The van der Waals surface area contributed by atoms with Gasteiger partial charge >= 0.3 is 18.3 Å². The van der Waals surface area contributed by atoms with Crippen molar-refractivity contribution < 1.29 is 66.5 Å². The fraction of sp³-hybridized carbons (Fsp3) is 0.857. The van der Waals surface area contributed by atoms with Crippen molar-refractivity contribution >= 4 is 18.3 Å². The minimum absolute atomic E-state index is 0.0413. The Balaban J connectivity index is 3.39. The Hall–Kier alpha value is -3.17. The van der Waals surface area contributed by atoms with Crippen molar-refractivity contribution in [2.75, 3.05) is 152 Å². The second-order valence-electron chi connectivity index (χ2n) is 11.3. The van der Waals surface area contributed by atoms with E-state index in [0.717, 1.165) is 24.3 Å². The molecule has 0 aromatic heterocycles. The van der Waals surface area contributed by atoms with Gasteiger partial charge in [0.05, 0.1) is 72.7 Å². The smallest absolute Gasteiger partial charge is 0.407 e. The van der Waals surface area contributed by atoms with E-state index >= 15 is 0 Å². The van der Waals surface area contributed by atoms with E-state index in [1.165, 1.54) is 25.7 Å². The first-order chi connectivity index (χ1) is 26.5. The van der Waals surface area contributed by atoms with Gasteiger partial charge in [0.25, 0.3) is 6.73 Å². The summed E-state index contributed by atoms with van der Waals surface area (Å²) in [7, 11) is 0. The van der Waals surface area contributed by atoms with E-state index in [-0.39, 0.29) is 72.7 Å². The molecule has 54 heavy (non-hydrogen) atoms. The lowest BCUT2D eigenvalue weighted by Crippen LogP contribution is -2.32. The largest absolute Gasteiger partial charge is 0.447 e. The minimum atomic E-state index is -0.595. The van der Waals surface area contributed by atoms with Crippen LogP contribution >= 0.6 is 0 Å². The van der Waals surface area contributed by atoms with Crippen LogP contribution in [-0.2, 0) is 47.4 Å². The van der Waals surface area contributed by atoms with Gasteiger partial charge in [0, 0.05) is 42.5 Å². The molecule has 0 saturated carbocycles. The molecule has 19 heteroatoms. The summed E-state index contributed by atoms with van der Waals surface area (Å²) < 4.78 is 53.3. The van der Waals surface area contributed by atoms with Crippen LogP contribution in [0.4, 0.5) is 14.4 Å². The van der Waals surface area contributed by atoms with Crippen LogP contribution in [0, 0.1) is 4.91 Å². The molecule has 0 spiro atoms. The topological polar surface area (TPSA) is 212 Å². The van der Waals surface area contributed by atoms with Gasteiger partial charge in [-0.3, -0.25) is 0 Å². The molecule has 0 saturated heterocycles. The maximum absolute atomic E-state index is 11.8. The molecule has 4 N–H and O–H groups in total. The van der Waals surface area contributed by atoms with Gasteiger partial charge in [-0.15, -0.1) is 0 Å². The summed E-state index contributed by atoms with van der Waals surface area (Å²) >= 11 is 0. The Labute approximate surface area is 320 Å². The van der Waals surface area contributed by atoms with Crippen molar-refractivity contribution in [2.45, 2.75) is 46.0 Å². The highest BCUT2D eigenvalue weighted by Crippen LogP contribution is 2.02. The van der Waals surface area contributed by atoms with E-state index < -0.39 is 18.3 Å². The van der Waals surface area contributed by atoms with E-state index in [4.69, 9.17) is 47.4 Å². The zero-order valence-corrected chi connectivity index (χ0v) is 32.6. The third-order valence-electron chi connectivity index (χ3n) is 6.69. The predicted octanol–water partition coefficient (Wildman–Crippen LogP) is 2.15. The Kier molecular flexibility index (Phi) is 40.1. The number of hydrogen-bond acceptors (Lipinski definition) is 15. The zero-order valence-electron chi connectivity index (χ0n) is 32.6. The lowest BCUT2D eigenvalue weighted by Gasteiger charge is -2.09. The lowest BCUT2D eigenvalue weighted by molar-refractivity contribution is -0.588. The van der Waals surface area contributed by atoms with Crippen LogP contribution in [0.3, 0.4) is 0 Å². The molecule has 0 aliphatic heterocycles. The number of hydrogen-bond donors (Lipinski definition) is 4. The zero-order chi connectivity index (χ0) is 39.4. The maximum Gasteiger partial charge on any atom is 0.407 e. The Morgan fingerprint density at radius 1 is 0.481 bits per heavy atom. The summed E-state index contributed by atoms with van der Waals surface area (Å²) in [4.78, 5) is 46.6. The Morgan fingerprint density at radius 3 is 1.56 bits per heavy atom. The minimum Gasteiger partial charge on any atom is -0.447 e. The third-order valence-corrected chi connectivity index (χ3v) is 6.69. The highest BCUT2D eigenvalue weighted by molar-refractivity contribution is 5.67. The molecule has 0 heterocycles. The van der Waals surface area contributed by atoms with E-state index in [1.54, 1.807) is 12.2 Å². The second kappa shape index (κ2) is 42.6. The van der Waals surface area contributed by atoms with Gasteiger partial charge in [-0.05, 0) is 19.0 Å². The molecule has 0 aromatic rings. The summed E-state index contributed by atoms with van der Waals surface area (Å²) in [6.45, 7) is 11.6. The molecule has 0 aromatic carbocycles. The first-order valence-corrected chi connectivity index (χ1v) is 19.0. The summed E-state index contributed by atoms with van der Waals surface area (Å²) in [5.41, 5.74) is 0. The summed E-state index contributed by atoms with van der Waals surface area (Å²) in [6.07, 6.45) is 7.66. The molecule has 0 radical (unpaired) electrons. The number of rotatable bonds is 40. The van der Waals surface area contributed by atoms with Crippen LogP contribution in [0.25, 0.3) is 0 Å². The number of nitroso groups, excluding NO2 is 1. The molecule has 0 unspecified atom stereocenters. The number of carbonyl (C=O) groups excluding carboxylic acids is 3. The molecule has 0 atom stereocenters. The summed E-state index contributed by atoms with van der Waals surface area (Å²) in [6, 6.07) is 0. The summed E-state index contributed by atoms with van der Waals surface area (Å²) in [5.74, 6) is 0. The second-order valence-corrected chi connectivity index (χ2v) is 11.3. The van der Waals surface area contributed by atoms with Crippen LogP contribution in [-0.4, -0.2) is 175 Å². The SMILES string of the molecule is CCCCCCCOCCOCCNC(=O)OCCOCCOCCNC(=O)OC/C=C/COC[N+](=O)CCOCCOCCOC(=O)NCCNCC. The molecule has 0 aliphatic rings. The van der Waals surface area contributed by atoms with Crippen molar-refractivity contribution in [3.63, 3.8) is 0 Å². The summed E-state index contributed by atoms with van der Waals surface area (Å²) in [5, 5.41) is 10.9. The predicted molar refractivity (Wildman–Crippen MR) is 199 cm³/mol. The molecule has 0 bridgehead atoms. The first kappa shape index (κ1) is 50.8. The standard InChI is InChI=1S/C35H67N5O14/c1-3-5-6-7-8-16-45-22-23-46-20-14-39-35(43)54-31-29-49-26-24-47-19-13-38-34(42)52-18-10-9-17-51-32-40(44)15-21-48-25-27-50-28-30-53-33(41)37-12-11-36-4-2/h9-10,36H,3-8,11-32H2,1-2H3,(H2-,37,38,39,41,42,43)/p+1/b10-9+. The number of likely N-dealkylation sites (N-methyl/N-ethyl adjacent to an activating group) is 1. The number of nitrogens with one attached hydrogen (secondary N) is 4. The van der Waals surface area contributed by atoms with Gasteiger partial charge in [-0.1, -0.05) is 45.6 Å². The molecule has 3 amide bonds. The Bertz CT molecular complexity index is 920. The van der Waals surface area contributed by atoms with Crippen molar-refractivity contribution in [3.8, 4) is 0 Å². The average molecular weight is 783 g/mol. The van der Waals surface area contributed by atoms with Crippen LogP contribution < -0.4 is 21.3 Å². The Morgan fingerprint density at radius 2 is 0.963 bits per heavy atom. The highest BCUT2D eigenvalue weighted by Gasteiger charge is 2.07. The molecular weight excluding hydrogens is 714 g/mol. The number of amides is 3. The highest BCUT2D eigenvalue weighted by atomic mass is 16.6. The van der Waals surface area contributed by atoms with Crippen LogP contribution in [0.5, 0.6) is 0 Å². The van der Waals surface area contributed by atoms with Crippen molar-refractivity contribution in [2.24, 2.45) is 0 Å². The van der Waals surface area contributed by atoms with Gasteiger partial charge in [-0.25, -0.2) is 14.4 Å². The van der Waals surface area contributed by atoms with E-state index in [0.29, 0.717) is 65.9 Å². The van der Waals surface area contributed by atoms with Crippen LogP contribution in [0.15, 0.2) is 12.2 Å². The lowest BCUT2D eigenvalue weighted by atomic mass is 10.2. The molecular formula is C35H68N5O14+. The van der Waals surface area contributed by atoms with Gasteiger partial charge in [0.1, 0.15) is 26.4 Å². The normalized spacial score (nSPS) is 11.1. The quantitative estimate of drug-likeness (QED) is 0.0231. The monoisotopic (exact) mass is 782 g/mol. The molecule has 0 fully saturated rings. The van der Waals surface area contributed by atoms with Gasteiger partial charge in [0.15, 0.2) is 0 Å². The van der Waals surface area contributed by atoms with Crippen molar-refractivity contribution in [1.82, 2.24) is 21.3 Å². The fourth-order valence-electron chi connectivity index (χ4n) is 3.91. The van der Waals surface area contributed by atoms with Crippen LogP contribution in [0.2, 0.25) is 0 Å². The number of carbonyl (C=O) groups is 3. The number of nitrogens with zero attached hydrogens (tertiary/aromatic N) is 1. The maximum atomic E-state index is 11.8. The van der Waals surface area contributed by atoms with E-state index in [2.05, 4.69) is 28.2 Å². The van der Waals surface area contributed by atoms with Gasteiger partial charge in [-0.2, -0.15) is 0 Å². The van der Waals surface area contributed by atoms with E-state index in [9.17, 15) is 19.3 Å². The number of ether oxygens (including phenoxy) is 10. The molecule has 316 valence electrons. The molecule has 0 rings (SSSR count). The van der Waals surface area contributed by atoms with Crippen LogP contribution in [0.1, 0.15) is 46.0 Å². The average Bonchev–Trinajstić information content (AvgIpc) is 3.16. The third kappa shape index (κ3) is 41.6. The van der Waals surface area contributed by atoms with Crippen molar-refractivity contribution in [1.29, 1.82) is 0 Å². The first-order valence-electron chi connectivity index (χ1n) is 19.0. The van der Waals surface area contributed by atoms with Gasteiger partial charge in [0.2, 0.25) is 6.54 Å². The molecule has 19 nitrogen and oxygen atoms in total. The van der Waals surface area contributed by atoms with E-state index in [1.807, 2.05) is 6.92 Å². The number of alkyl carbamates (subject to hydrolysis) is 3. The number of unbranched alkanes of at least 4 members (excludes halogenated alkanes) is 4. The fourth-order valence-corrected chi connectivity index (χ4v) is 3.91. The van der Waals surface area contributed by atoms with Gasteiger partial charge < -0.3 is 68.6 Å².